The fourth-order valence-corrected chi connectivity index (χ4v) is 2.02. The third-order valence-electron chi connectivity index (χ3n) is 2.50. The third-order valence-corrected chi connectivity index (χ3v) is 3.08. The van der Waals surface area contributed by atoms with Gasteiger partial charge in [0.15, 0.2) is 5.16 Å². The van der Waals surface area contributed by atoms with Crippen LogP contribution in [0.25, 0.3) is 0 Å². The van der Waals surface area contributed by atoms with Crippen molar-refractivity contribution in [2.45, 2.75) is 18.5 Å². The fraction of sp³-hybridized carbons (Fsp3) is 0.250. The summed E-state index contributed by atoms with van der Waals surface area (Å²) in [7, 11) is 0. The van der Waals surface area contributed by atoms with Gasteiger partial charge in [-0.15, -0.1) is 0 Å². The van der Waals surface area contributed by atoms with Crippen LogP contribution in [0.2, 0.25) is 0 Å². The highest BCUT2D eigenvalue weighted by Crippen LogP contribution is 2.11. The monoisotopic (exact) mass is 247 g/mol. The lowest BCUT2D eigenvalue weighted by molar-refractivity contribution is 0.867. The Labute approximate surface area is 104 Å². The minimum Gasteiger partial charge on any atom is -0.301 e. The van der Waals surface area contributed by atoms with Crippen LogP contribution in [-0.2, 0) is 6.42 Å². The van der Waals surface area contributed by atoms with E-state index in [1.165, 1.54) is 11.8 Å². The van der Waals surface area contributed by atoms with Crippen LogP contribution in [0.1, 0.15) is 16.8 Å². The topological polar surface area (TPSA) is 58.6 Å². The summed E-state index contributed by atoms with van der Waals surface area (Å²) in [5.41, 5.74) is 2.43. The van der Waals surface area contributed by atoms with Crippen LogP contribution in [0.4, 0.5) is 0 Å². The molecule has 0 fully saturated rings. The Kier molecular flexibility index (Phi) is 3.58. The van der Waals surface area contributed by atoms with Gasteiger partial charge in [0, 0.05) is 30.1 Å². The molecule has 0 amide bonds. The molecule has 2 aromatic rings. The first-order valence-corrected chi connectivity index (χ1v) is 6.46. The van der Waals surface area contributed by atoms with Crippen LogP contribution in [0.5, 0.6) is 0 Å². The van der Waals surface area contributed by atoms with Gasteiger partial charge in [-0.05, 0) is 24.8 Å². The Morgan fingerprint density at radius 3 is 2.88 bits per heavy atom. The van der Waals surface area contributed by atoms with Crippen LogP contribution in [0.15, 0.2) is 34.5 Å². The number of nitrogens with zero attached hydrogens (tertiary/aromatic N) is 2. The van der Waals surface area contributed by atoms with E-state index in [1.807, 2.05) is 25.3 Å². The minimum atomic E-state index is -0.0642. The van der Waals surface area contributed by atoms with Gasteiger partial charge in [0.25, 0.3) is 5.56 Å². The maximum Gasteiger partial charge on any atom is 0.255 e. The first kappa shape index (κ1) is 11.9. The molecule has 88 valence electrons. The fourth-order valence-electron chi connectivity index (χ4n) is 1.60. The van der Waals surface area contributed by atoms with E-state index in [0.717, 1.165) is 11.3 Å². The molecule has 1 N–H and O–H groups in total. The molecule has 0 radical (unpaired) electrons. The number of aromatic amines is 1. The molecule has 17 heavy (non-hydrogen) atoms. The van der Waals surface area contributed by atoms with Crippen LogP contribution < -0.4 is 5.56 Å². The summed E-state index contributed by atoms with van der Waals surface area (Å²) in [6.07, 6.45) is 5.94. The standard InChI is InChI=1S/C12H13N3OS/c1-8-10(6-9-4-3-5-13-7-9)11(16)15-12(14-8)17-2/h3-5,7H,6H2,1-2H3,(H,14,15,16). The highest BCUT2D eigenvalue weighted by atomic mass is 32.2. The molecule has 0 aliphatic rings. The van der Waals surface area contributed by atoms with E-state index >= 15 is 0 Å². The van der Waals surface area contributed by atoms with Crippen molar-refractivity contribution in [3.05, 3.63) is 51.7 Å². The molecule has 0 aromatic carbocycles. The van der Waals surface area contributed by atoms with Gasteiger partial charge in [-0.25, -0.2) is 4.98 Å². The maximum absolute atomic E-state index is 11.9. The molecular weight excluding hydrogens is 234 g/mol. The summed E-state index contributed by atoms with van der Waals surface area (Å²) in [4.78, 5) is 23.0. The molecule has 2 heterocycles. The summed E-state index contributed by atoms with van der Waals surface area (Å²) in [6, 6.07) is 3.82. The van der Waals surface area contributed by atoms with Crippen molar-refractivity contribution in [3.63, 3.8) is 0 Å². The molecule has 0 unspecified atom stereocenters. The van der Waals surface area contributed by atoms with Gasteiger partial charge in [-0.3, -0.25) is 9.78 Å². The first-order valence-electron chi connectivity index (χ1n) is 5.23. The Hall–Kier alpha value is -1.62. The maximum atomic E-state index is 11.9. The van der Waals surface area contributed by atoms with E-state index in [0.29, 0.717) is 17.1 Å². The molecule has 0 spiro atoms. The molecule has 0 saturated heterocycles. The quantitative estimate of drug-likeness (QED) is 0.663. The lowest BCUT2D eigenvalue weighted by atomic mass is 10.1. The average molecular weight is 247 g/mol. The minimum absolute atomic E-state index is 0.0642. The predicted molar refractivity (Wildman–Crippen MR) is 68.4 cm³/mol. The van der Waals surface area contributed by atoms with Gasteiger partial charge in [-0.2, -0.15) is 0 Å². The summed E-state index contributed by atoms with van der Waals surface area (Å²) in [5, 5.41) is 0.655. The molecule has 5 heteroatoms. The van der Waals surface area contributed by atoms with Crippen LogP contribution in [0.3, 0.4) is 0 Å². The number of aryl methyl sites for hydroxylation is 1. The van der Waals surface area contributed by atoms with Crippen molar-refractivity contribution >= 4 is 11.8 Å². The van der Waals surface area contributed by atoms with Gasteiger partial charge in [-0.1, -0.05) is 17.8 Å². The van der Waals surface area contributed by atoms with Gasteiger partial charge < -0.3 is 4.98 Å². The van der Waals surface area contributed by atoms with Gasteiger partial charge in [0.05, 0.1) is 0 Å². The molecule has 0 saturated carbocycles. The second-order valence-corrected chi connectivity index (χ2v) is 4.47. The van der Waals surface area contributed by atoms with Gasteiger partial charge in [0.1, 0.15) is 0 Å². The van der Waals surface area contributed by atoms with Gasteiger partial charge in [0.2, 0.25) is 0 Å². The molecule has 4 nitrogen and oxygen atoms in total. The van der Waals surface area contributed by atoms with Crippen molar-refractivity contribution in [2.75, 3.05) is 6.26 Å². The molecule has 2 rings (SSSR count). The number of H-pyrrole nitrogens is 1. The predicted octanol–water partition coefficient (Wildman–Crippen LogP) is 1.79. The number of hydrogen-bond donors (Lipinski definition) is 1. The Morgan fingerprint density at radius 2 is 2.29 bits per heavy atom. The Morgan fingerprint density at radius 1 is 1.47 bits per heavy atom. The van der Waals surface area contributed by atoms with Crippen LogP contribution >= 0.6 is 11.8 Å². The molecule has 0 atom stereocenters. The lowest BCUT2D eigenvalue weighted by Gasteiger charge is -2.05. The van der Waals surface area contributed by atoms with E-state index in [9.17, 15) is 4.79 Å². The average Bonchev–Trinajstić information content (AvgIpc) is 2.35. The van der Waals surface area contributed by atoms with E-state index in [-0.39, 0.29) is 5.56 Å². The smallest absolute Gasteiger partial charge is 0.255 e. The zero-order chi connectivity index (χ0) is 12.3. The molecule has 0 aliphatic heterocycles. The molecule has 2 aromatic heterocycles. The second kappa shape index (κ2) is 5.14. The normalized spacial score (nSPS) is 10.5. The van der Waals surface area contributed by atoms with Crippen LogP contribution in [-0.4, -0.2) is 21.2 Å². The first-order chi connectivity index (χ1) is 8.20. The zero-order valence-electron chi connectivity index (χ0n) is 9.73. The highest BCUT2D eigenvalue weighted by molar-refractivity contribution is 7.98. The van der Waals surface area contributed by atoms with E-state index < -0.39 is 0 Å². The van der Waals surface area contributed by atoms with Crippen molar-refractivity contribution in [1.29, 1.82) is 0 Å². The number of rotatable bonds is 3. The van der Waals surface area contributed by atoms with Crippen LogP contribution in [0, 0.1) is 6.92 Å². The summed E-state index contributed by atoms with van der Waals surface area (Å²) < 4.78 is 0. The third kappa shape index (κ3) is 2.74. The highest BCUT2D eigenvalue weighted by Gasteiger charge is 2.08. The van der Waals surface area contributed by atoms with E-state index in [4.69, 9.17) is 0 Å². The zero-order valence-corrected chi connectivity index (χ0v) is 10.5. The summed E-state index contributed by atoms with van der Waals surface area (Å²) >= 11 is 1.43. The second-order valence-electron chi connectivity index (χ2n) is 3.68. The Bertz CT molecular complexity index is 566. The largest absolute Gasteiger partial charge is 0.301 e. The molecular formula is C12H13N3OS. The van der Waals surface area contributed by atoms with Crippen molar-refractivity contribution in [1.82, 2.24) is 15.0 Å². The summed E-state index contributed by atoms with van der Waals surface area (Å²) in [6.45, 7) is 1.86. The molecule has 0 bridgehead atoms. The molecule has 0 aliphatic carbocycles. The number of nitrogens with one attached hydrogen (secondary N) is 1. The number of pyridine rings is 1. The SMILES string of the molecule is CSc1nc(C)c(Cc2cccnc2)c(=O)[nH]1. The van der Waals surface area contributed by atoms with Gasteiger partial charge >= 0.3 is 0 Å². The van der Waals surface area contributed by atoms with Crippen molar-refractivity contribution in [2.24, 2.45) is 0 Å². The Balaban J connectivity index is 2.37. The van der Waals surface area contributed by atoms with Crippen molar-refractivity contribution in [3.8, 4) is 0 Å². The number of thioether (sulfide) groups is 1. The van der Waals surface area contributed by atoms with E-state index in [2.05, 4.69) is 15.0 Å². The lowest BCUT2D eigenvalue weighted by Crippen LogP contribution is -2.17. The number of aromatic nitrogens is 3. The summed E-state index contributed by atoms with van der Waals surface area (Å²) in [5.74, 6) is 0. The number of hydrogen-bond acceptors (Lipinski definition) is 4. The van der Waals surface area contributed by atoms with E-state index in [1.54, 1.807) is 12.4 Å². The van der Waals surface area contributed by atoms with Crippen molar-refractivity contribution < 1.29 is 0 Å².